The first-order valence-corrected chi connectivity index (χ1v) is 13.7. The third-order valence-electron chi connectivity index (χ3n) is 6.90. The second kappa shape index (κ2) is 14.2. The van der Waals surface area contributed by atoms with E-state index in [1.54, 1.807) is 30.3 Å². The van der Waals surface area contributed by atoms with Crippen molar-refractivity contribution in [2.45, 2.75) is 43.9 Å². The average Bonchev–Trinajstić information content (AvgIpc) is 3.02. The van der Waals surface area contributed by atoms with E-state index in [4.69, 9.17) is 23.7 Å². The predicted molar refractivity (Wildman–Crippen MR) is 155 cm³/mol. The maximum atomic E-state index is 13.1. The van der Waals surface area contributed by atoms with E-state index in [0.717, 1.165) is 21.9 Å². The third kappa shape index (κ3) is 7.47. The first-order valence-electron chi connectivity index (χ1n) is 13.7. The fraction of sp³-hybridized carbons (Fsp3) is 0.265. The number of fused-ring (bicyclic) bond motifs is 1. The fourth-order valence-corrected chi connectivity index (χ4v) is 4.80. The van der Waals surface area contributed by atoms with Crippen molar-refractivity contribution in [2.24, 2.45) is 0 Å². The highest BCUT2D eigenvalue weighted by Gasteiger charge is 2.49. The van der Waals surface area contributed by atoms with Gasteiger partial charge in [0.15, 0.2) is 12.4 Å². The van der Waals surface area contributed by atoms with Gasteiger partial charge in [0.05, 0.1) is 32.0 Å². The van der Waals surface area contributed by atoms with Gasteiger partial charge >= 0.3 is 5.97 Å². The molecule has 0 bridgehead atoms. The standard InChI is InChI=1S/C34H34O7/c1-2-19-38-34-32(41-33(36)27-14-7-4-8-15-27)31(39-22-25-17-18-26-13-9-10-16-28(26)20-25)30(35)29(40-34)23-37-21-24-11-5-3-6-12-24/h2-18,20,29-32,34-35H,1,19,21-23H2/t29?,30-,31-,32?,34+/m0/s1. The van der Waals surface area contributed by atoms with Crippen molar-refractivity contribution >= 4 is 16.7 Å². The highest BCUT2D eigenvalue weighted by atomic mass is 16.7. The molecule has 0 aliphatic carbocycles. The van der Waals surface area contributed by atoms with E-state index in [1.807, 2.05) is 78.9 Å². The number of ether oxygens (including phenoxy) is 5. The summed E-state index contributed by atoms with van der Waals surface area (Å²) in [6, 6.07) is 32.5. The van der Waals surface area contributed by atoms with Crippen LogP contribution in [0.25, 0.3) is 10.8 Å². The minimum atomic E-state index is -1.16. The third-order valence-corrected chi connectivity index (χ3v) is 6.90. The van der Waals surface area contributed by atoms with Crippen LogP contribution in [0, 0.1) is 0 Å². The van der Waals surface area contributed by atoms with Crippen molar-refractivity contribution in [3.63, 3.8) is 0 Å². The molecule has 7 nitrogen and oxygen atoms in total. The average molecular weight is 555 g/mol. The summed E-state index contributed by atoms with van der Waals surface area (Å²) in [5.41, 5.74) is 2.28. The summed E-state index contributed by atoms with van der Waals surface area (Å²) in [5.74, 6) is -0.573. The van der Waals surface area contributed by atoms with Crippen molar-refractivity contribution in [2.75, 3.05) is 13.2 Å². The zero-order chi connectivity index (χ0) is 28.4. The van der Waals surface area contributed by atoms with Crippen molar-refractivity contribution in [1.82, 2.24) is 0 Å². The van der Waals surface area contributed by atoms with E-state index in [-0.39, 0.29) is 19.8 Å². The Labute approximate surface area is 239 Å². The molecule has 4 aromatic rings. The SMILES string of the molecule is C=CCO[C@@H]1OC(COCc2ccccc2)[C@H](O)[C@H](OCc2ccc3ccccc3c2)C1OC(=O)c1ccccc1. The quantitative estimate of drug-likeness (QED) is 0.184. The Morgan fingerprint density at radius 1 is 0.805 bits per heavy atom. The number of aliphatic hydroxyl groups is 1. The first kappa shape index (κ1) is 28.7. The lowest BCUT2D eigenvalue weighted by molar-refractivity contribution is -0.307. The van der Waals surface area contributed by atoms with Gasteiger partial charge in [0, 0.05) is 0 Å². The number of carbonyl (C=O) groups excluding carboxylic acids is 1. The van der Waals surface area contributed by atoms with E-state index >= 15 is 0 Å². The summed E-state index contributed by atoms with van der Waals surface area (Å²) < 4.78 is 30.1. The molecule has 7 heteroatoms. The van der Waals surface area contributed by atoms with Crippen molar-refractivity contribution in [1.29, 1.82) is 0 Å². The molecule has 1 saturated heterocycles. The lowest BCUT2D eigenvalue weighted by Crippen LogP contribution is -2.61. The molecule has 1 fully saturated rings. The smallest absolute Gasteiger partial charge is 0.338 e. The molecule has 2 unspecified atom stereocenters. The molecule has 4 aromatic carbocycles. The molecule has 0 spiro atoms. The molecular formula is C34H34O7. The van der Waals surface area contributed by atoms with E-state index < -0.39 is 36.7 Å². The summed E-state index contributed by atoms with van der Waals surface area (Å²) in [7, 11) is 0. The van der Waals surface area contributed by atoms with Crippen LogP contribution < -0.4 is 0 Å². The zero-order valence-corrected chi connectivity index (χ0v) is 22.7. The molecule has 0 radical (unpaired) electrons. The molecule has 0 saturated carbocycles. The fourth-order valence-electron chi connectivity index (χ4n) is 4.80. The topological polar surface area (TPSA) is 83.5 Å². The van der Waals surface area contributed by atoms with Crippen LogP contribution in [0.1, 0.15) is 21.5 Å². The highest BCUT2D eigenvalue weighted by molar-refractivity contribution is 5.89. The number of esters is 1. The van der Waals surface area contributed by atoms with Crippen LogP contribution in [-0.2, 0) is 36.9 Å². The van der Waals surface area contributed by atoms with E-state index in [1.165, 1.54) is 0 Å². The van der Waals surface area contributed by atoms with E-state index in [0.29, 0.717) is 12.2 Å². The number of benzene rings is 4. The van der Waals surface area contributed by atoms with Crippen LogP contribution >= 0.6 is 0 Å². The molecule has 41 heavy (non-hydrogen) atoms. The van der Waals surface area contributed by atoms with Crippen LogP contribution in [0.15, 0.2) is 116 Å². The summed E-state index contributed by atoms with van der Waals surface area (Å²) in [6.07, 6.45) is -3.40. The van der Waals surface area contributed by atoms with Gasteiger partial charge in [-0.05, 0) is 40.1 Å². The van der Waals surface area contributed by atoms with Gasteiger partial charge in [0.1, 0.15) is 18.3 Å². The van der Waals surface area contributed by atoms with Crippen molar-refractivity contribution in [3.8, 4) is 0 Å². The highest BCUT2D eigenvalue weighted by Crippen LogP contribution is 2.29. The number of aliphatic hydroxyl groups excluding tert-OH is 1. The molecule has 5 rings (SSSR count). The van der Waals surface area contributed by atoms with Gasteiger partial charge in [-0.2, -0.15) is 0 Å². The van der Waals surface area contributed by atoms with Crippen LogP contribution in [-0.4, -0.2) is 55.0 Å². The minimum absolute atomic E-state index is 0.0825. The normalized spacial score (nSPS) is 22.3. The maximum absolute atomic E-state index is 13.1. The van der Waals surface area contributed by atoms with Gasteiger partial charge in [-0.1, -0.05) is 91.0 Å². The number of carbonyl (C=O) groups is 1. The second-order valence-corrected chi connectivity index (χ2v) is 9.85. The molecular weight excluding hydrogens is 520 g/mol. The van der Waals surface area contributed by atoms with Gasteiger partial charge < -0.3 is 28.8 Å². The summed E-state index contributed by atoms with van der Waals surface area (Å²) >= 11 is 0. The Hall–Kier alpha value is -3.85. The summed E-state index contributed by atoms with van der Waals surface area (Å²) in [4.78, 5) is 13.1. The van der Waals surface area contributed by atoms with Crippen LogP contribution in [0.4, 0.5) is 0 Å². The van der Waals surface area contributed by atoms with Crippen LogP contribution in [0.5, 0.6) is 0 Å². The zero-order valence-electron chi connectivity index (χ0n) is 22.7. The molecule has 5 atom stereocenters. The molecule has 1 heterocycles. The van der Waals surface area contributed by atoms with Crippen LogP contribution in [0.3, 0.4) is 0 Å². The summed E-state index contributed by atoms with van der Waals surface area (Å²) in [6.45, 7) is 4.48. The Bertz CT molecular complexity index is 1410. The van der Waals surface area contributed by atoms with Crippen LogP contribution in [0.2, 0.25) is 0 Å². The Kier molecular flexibility index (Phi) is 9.91. The molecule has 1 aliphatic rings. The Morgan fingerprint density at radius 3 is 2.27 bits per heavy atom. The lowest BCUT2D eigenvalue weighted by atomic mass is 9.98. The van der Waals surface area contributed by atoms with Gasteiger partial charge in [0.25, 0.3) is 0 Å². The molecule has 1 aliphatic heterocycles. The molecule has 0 aromatic heterocycles. The maximum Gasteiger partial charge on any atom is 0.338 e. The lowest BCUT2D eigenvalue weighted by Gasteiger charge is -2.43. The number of rotatable bonds is 12. The van der Waals surface area contributed by atoms with Gasteiger partial charge in [-0.25, -0.2) is 4.79 Å². The van der Waals surface area contributed by atoms with Crippen molar-refractivity contribution < 1.29 is 33.6 Å². The monoisotopic (exact) mass is 554 g/mol. The molecule has 0 amide bonds. The summed E-state index contributed by atoms with van der Waals surface area (Å²) in [5, 5.41) is 13.7. The van der Waals surface area contributed by atoms with Gasteiger partial charge in [-0.3, -0.25) is 0 Å². The molecule has 212 valence electrons. The van der Waals surface area contributed by atoms with E-state index in [2.05, 4.69) is 6.58 Å². The second-order valence-electron chi connectivity index (χ2n) is 9.85. The van der Waals surface area contributed by atoms with E-state index in [9.17, 15) is 9.90 Å². The molecule has 1 N–H and O–H groups in total. The largest absolute Gasteiger partial charge is 0.450 e. The Balaban J connectivity index is 1.37. The van der Waals surface area contributed by atoms with Crippen molar-refractivity contribution in [3.05, 3.63) is 132 Å². The first-order chi connectivity index (χ1) is 20.1. The predicted octanol–water partition coefficient (Wildman–Crippen LogP) is 5.46. The van der Waals surface area contributed by atoms with Gasteiger partial charge in [-0.15, -0.1) is 6.58 Å². The number of hydrogen-bond acceptors (Lipinski definition) is 7. The minimum Gasteiger partial charge on any atom is -0.450 e. The van der Waals surface area contributed by atoms with Gasteiger partial charge in [0.2, 0.25) is 0 Å². The Morgan fingerprint density at radius 2 is 1.51 bits per heavy atom. The number of hydrogen-bond donors (Lipinski definition) is 1.